The van der Waals surface area contributed by atoms with Crippen LogP contribution in [0.15, 0.2) is 43.0 Å². The Morgan fingerprint density at radius 2 is 1.90 bits per heavy atom. The van der Waals surface area contributed by atoms with Gasteiger partial charge in [-0.1, -0.05) is 12.1 Å². The minimum absolute atomic E-state index is 0.0688. The smallest absolute Gasteiger partial charge is 0.427 e. The molecule has 1 amide bonds. The van der Waals surface area contributed by atoms with Gasteiger partial charge >= 0.3 is 12.5 Å². The van der Waals surface area contributed by atoms with Crippen molar-refractivity contribution in [1.82, 2.24) is 14.5 Å². The van der Waals surface area contributed by atoms with E-state index >= 15 is 0 Å². The van der Waals surface area contributed by atoms with Crippen LogP contribution in [0.3, 0.4) is 0 Å². The summed E-state index contributed by atoms with van der Waals surface area (Å²) in [7, 11) is 0. The third kappa shape index (κ3) is 3.88. The highest BCUT2D eigenvalue weighted by molar-refractivity contribution is 5.97. The zero-order valence-electron chi connectivity index (χ0n) is 15.9. The minimum atomic E-state index is -4.70. The van der Waals surface area contributed by atoms with Gasteiger partial charge in [0.05, 0.1) is 24.0 Å². The van der Waals surface area contributed by atoms with E-state index in [1.165, 1.54) is 23.1 Å². The highest BCUT2D eigenvalue weighted by atomic mass is 19.3. The molecular formula is C20H21F4N3O3. The highest BCUT2D eigenvalue weighted by Gasteiger charge is 2.46. The first kappa shape index (κ1) is 20.6. The Hall–Kier alpha value is -2.62. The van der Waals surface area contributed by atoms with Crippen LogP contribution in [0, 0.1) is 11.8 Å². The van der Waals surface area contributed by atoms with E-state index < -0.39 is 30.3 Å². The number of halogens is 4. The van der Waals surface area contributed by atoms with Crippen molar-refractivity contribution in [2.24, 2.45) is 11.8 Å². The van der Waals surface area contributed by atoms with Crippen molar-refractivity contribution in [1.29, 1.82) is 0 Å². The third-order valence-corrected chi connectivity index (χ3v) is 5.92. The summed E-state index contributed by atoms with van der Waals surface area (Å²) >= 11 is 0. The number of para-hydroxylation sites is 1. The third-order valence-electron chi connectivity index (χ3n) is 5.92. The molecule has 2 aliphatic rings. The number of imidazole rings is 1. The SMILES string of the molecule is O=C(c1ccccc1OC(F)(F)C(F)F)N1C[C@H]2C[C@@H](n3ccnc3)[C@H](O)C[C@H]2C1. The van der Waals surface area contributed by atoms with Gasteiger partial charge in [-0.05, 0) is 36.8 Å². The van der Waals surface area contributed by atoms with Crippen molar-refractivity contribution >= 4 is 5.91 Å². The molecule has 4 atom stereocenters. The Balaban J connectivity index is 1.50. The molecule has 2 heterocycles. The summed E-state index contributed by atoms with van der Waals surface area (Å²) in [5.74, 6) is -0.947. The Bertz CT molecular complexity index is 893. The number of hydrogen-bond acceptors (Lipinski definition) is 4. The summed E-state index contributed by atoms with van der Waals surface area (Å²) in [6.07, 6.45) is -3.10. The van der Waals surface area contributed by atoms with Gasteiger partial charge in [-0.2, -0.15) is 17.6 Å². The van der Waals surface area contributed by atoms with E-state index in [2.05, 4.69) is 9.72 Å². The molecule has 1 aliphatic heterocycles. The standard InChI is InChI=1S/C20H21F4N3O3/c21-19(22)20(23,24)30-17-4-2-1-3-14(17)18(29)27-9-12-7-15(26-6-5-25-11-26)16(28)8-13(12)10-27/h1-6,11-13,15-16,19,28H,7-10H2/t12-,13+,15-,16-/m1/s1. The van der Waals surface area contributed by atoms with Crippen molar-refractivity contribution in [2.75, 3.05) is 13.1 Å². The number of rotatable bonds is 5. The molecule has 1 aliphatic carbocycles. The van der Waals surface area contributed by atoms with Crippen molar-refractivity contribution in [3.05, 3.63) is 48.5 Å². The fraction of sp³-hybridized carbons (Fsp3) is 0.500. The summed E-state index contributed by atoms with van der Waals surface area (Å²) in [6.45, 7) is 0.748. The van der Waals surface area contributed by atoms with Gasteiger partial charge in [0.1, 0.15) is 5.75 Å². The quantitative estimate of drug-likeness (QED) is 0.745. The second-order valence-corrected chi connectivity index (χ2v) is 7.81. The average molecular weight is 427 g/mol. The van der Waals surface area contributed by atoms with Gasteiger partial charge in [0.2, 0.25) is 0 Å². The van der Waals surface area contributed by atoms with Crippen LogP contribution in [0.5, 0.6) is 5.75 Å². The second-order valence-electron chi connectivity index (χ2n) is 7.81. The lowest BCUT2D eigenvalue weighted by Gasteiger charge is -2.35. The number of aromatic nitrogens is 2. The second kappa shape index (κ2) is 7.90. The van der Waals surface area contributed by atoms with Crippen LogP contribution in [0.2, 0.25) is 0 Å². The molecule has 2 aromatic rings. The zero-order chi connectivity index (χ0) is 21.5. The van der Waals surface area contributed by atoms with Crippen LogP contribution in [0.4, 0.5) is 17.6 Å². The van der Waals surface area contributed by atoms with Gasteiger partial charge < -0.3 is 19.3 Å². The molecule has 30 heavy (non-hydrogen) atoms. The molecule has 1 aromatic carbocycles. The van der Waals surface area contributed by atoms with E-state index in [1.807, 2.05) is 4.57 Å². The van der Waals surface area contributed by atoms with Gasteiger partial charge in [0, 0.05) is 25.5 Å². The molecule has 1 saturated heterocycles. The summed E-state index contributed by atoms with van der Waals surface area (Å²) in [6, 6.07) is 5.01. The number of hydrogen-bond donors (Lipinski definition) is 1. The topological polar surface area (TPSA) is 67.6 Å². The molecule has 1 N–H and O–H groups in total. The summed E-state index contributed by atoms with van der Waals surface area (Å²) < 4.78 is 57.9. The van der Waals surface area contributed by atoms with Gasteiger partial charge in [-0.3, -0.25) is 4.79 Å². The van der Waals surface area contributed by atoms with E-state index in [0.717, 1.165) is 6.07 Å². The van der Waals surface area contributed by atoms with Crippen LogP contribution in [0.1, 0.15) is 29.2 Å². The number of carbonyl (C=O) groups is 1. The lowest BCUT2D eigenvalue weighted by Crippen LogP contribution is -2.35. The van der Waals surface area contributed by atoms with Gasteiger partial charge in [-0.15, -0.1) is 0 Å². The van der Waals surface area contributed by atoms with E-state index in [9.17, 15) is 27.5 Å². The van der Waals surface area contributed by atoms with E-state index in [1.54, 1.807) is 18.7 Å². The molecule has 2 fully saturated rings. The van der Waals surface area contributed by atoms with Crippen LogP contribution in [-0.4, -0.2) is 57.2 Å². The molecule has 0 bridgehead atoms. The van der Waals surface area contributed by atoms with Crippen LogP contribution < -0.4 is 4.74 Å². The number of nitrogens with zero attached hydrogens (tertiary/aromatic N) is 3. The van der Waals surface area contributed by atoms with E-state index in [0.29, 0.717) is 25.9 Å². The monoisotopic (exact) mass is 427 g/mol. The molecule has 10 heteroatoms. The number of aliphatic hydroxyl groups excluding tert-OH is 1. The lowest BCUT2D eigenvalue weighted by molar-refractivity contribution is -0.253. The van der Waals surface area contributed by atoms with Gasteiger partial charge in [0.25, 0.3) is 5.91 Å². The first-order chi connectivity index (χ1) is 14.3. The van der Waals surface area contributed by atoms with E-state index in [4.69, 9.17) is 0 Å². The fourth-order valence-electron chi connectivity index (χ4n) is 4.45. The van der Waals surface area contributed by atoms with Gasteiger partial charge in [0.15, 0.2) is 0 Å². The number of alkyl halides is 4. The summed E-state index contributed by atoms with van der Waals surface area (Å²) in [5.41, 5.74) is -0.192. The molecule has 0 radical (unpaired) electrons. The normalized spacial score (nSPS) is 26.7. The van der Waals surface area contributed by atoms with Crippen LogP contribution >= 0.6 is 0 Å². The largest absolute Gasteiger partial charge is 0.461 e. The maximum atomic E-state index is 13.4. The molecule has 1 saturated carbocycles. The Labute approximate surface area is 170 Å². The number of carbonyl (C=O) groups excluding carboxylic acids is 1. The van der Waals surface area contributed by atoms with Gasteiger partial charge in [-0.25, -0.2) is 4.98 Å². The zero-order valence-corrected chi connectivity index (χ0v) is 15.9. The van der Waals surface area contributed by atoms with Crippen LogP contribution in [0.25, 0.3) is 0 Å². The lowest BCUT2D eigenvalue weighted by atomic mass is 9.77. The number of likely N-dealkylation sites (tertiary alicyclic amines) is 1. The average Bonchev–Trinajstić information content (AvgIpc) is 3.36. The van der Waals surface area contributed by atoms with Crippen molar-refractivity contribution in [2.45, 2.75) is 37.5 Å². The van der Waals surface area contributed by atoms with Crippen molar-refractivity contribution < 1.29 is 32.2 Å². The predicted octanol–water partition coefficient (Wildman–Crippen LogP) is 3.20. The minimum Gasteiger partial charge on any atom is -0.427 e. The van der Waals surface area contributed by atoms with Crippen molar-refractivity contribution in [3.8, 4) is 5.75 Å². The Morgan fingerprint density at radius 1 is 1.20 bits per heavy atom. The molecule has 0 spiro atoms. The molecular weight excluding hydrogens is 406 g/mol. The molecule has 4 rings (SSSR count). The Kier molecular flexibility index (Phi) is 5.44. The van der Waals surface area contributed by atoms with Crippen LogP contribution in [-0.2, 0) is 0 Å². The van der Waals surface area contributed by atoms with Crippen molar-refractivity contribution in [3.63, 3.8) is 0 Å². The molecule has 162 valence electrons. The Morgan fingerprint density at radius 3 is 2.57 bits per heavy atom. The first-order valence-electron chi connectivity index (χ1n) is 9.65. The molecule has 6 nitrogen and oxygen atoms in total. The fourth-order valence-corrected chi connectivity index (χ4v) is 4.45. The summed E-state index contributed by atoms with van der Waals surface area (Å²) in [5, 5.41) is 10.5. The maximum absolute atomic E-state index is 13.4. The number of aliphatic hydroxyl groups is 1. The maximum Gasteiger partial charge on any atom is 0.461 e. The number of ether oxygens (including phenoxy) is 1. The predicted molar refractivity (Wildman–Crippen MR) is 97.4 cm³/mol. The summed E-state index contributed by atoms with van der Waals surface area (Å²) in [4.78, 5) is 18.5. The first-order valence-corrected chi connectivity index (χ1v) is 9.65. The molecule has 1 aromatic heterocycles. The number of amides is 1. The van der Waals surface area contributed by atoms with E-state index in [-0.39, 0.29) is 23.4 Å². The number of fused-ring (bicyclic) bond motifs is 1. The highest BCUT2D eigenvalue weighted by Crippen LogP contribution is 2.42. The number of benzene rings is 1. The molecule has 0 unspecified atom stereocenters.